The lowest BCUT2D eigenvalue weighted by Gasteiger charge is -2.06. The van der Waals surface area contributed by atoms with Crippen LogP contribution in [-0.2, 0) is 13.0 Å². The van der Waals surface area contributed by atoms with Crippen LogP contribution in [0, 0.1) is 0 Å². The highest BCUT2D eigenvalue weighted by Gasteiger charge is 2.19. The zero-order chi connectivity index (χ0) is 16.4. The largest absolute Gasteiger partial charge is 0.384 e. The lowest BCUT2D eigenvalue weighted by Crippen LogP contribution is -2.14. The van der Waals surface area contributed by atoms with Crippen molar-refractivity contribution in [3.8, 4) is 0 Å². The first-order valence-corrected chi connectivity index (χ1v) is 7.91. The highest BCUT2D eigenvalue weighted by atomic mass is 16.1. The van der Waals surface area contributed by atoms with Gasteiger partial charge in [-0.15, -0.1) is 5.10 Å². The van der Waals surface area contributed by atoms with Crippen molar-refractivity contribution in [1.29, 1.82) is 0 Å². The number of hydrogen-bond donors (Lipinski definition) is 2. The molecule has 0 fully saturated rings. The van der Waals surface area contributed by atoms with Gasteiger partial charge in [0.1, 0.15) is 0 Å². The van der Waals surface area contributed by atoms with E-state index in [0.29, 0.717) is 17.9 Å². The molecule has 2 heterocycles. The Morgan fingerprint density at radius 2 is 2.04 bits per heavy atom. The van der Waals surface area contributed by atoms with Gasteiger partial charge in [0.2, 0.25) is 0 Å². The second kappa shape index (κ2) is 6.16. The van der Waals surface area contributed by atoms with Crippen molar-refractivity contribution in [2.75, 3.05) is 17.2 Å². The Morgan fingerprint density at radius 1 is 1.17 bits per heavy atom. The quantitative estimate of drug-likeness (QED) is 0.775. The fourth-order valence-corrected chi connectivity index (χ4v) is 2.94. The predicted octanol–water partition coefficient (Wildman–Crippen LogP) is 2.55. The number of aromatic nitrogens is 3. The lowest BCUT2D eigenvalue weighted by molar-refractivity contribution is 0.102. The summed E-state index contributed by atoms with van der Waals surface area (Å²) >= 11 is 0. The molecule has 6 heteroatoms. The first-order valence-electron chi connectivity index (χ1n) is 7.91. The van der Waals surface area contributed by atoms with E-state index in [1.165, 1.54) is 0 Å². The molecule has 0 aliphatic carbocycles. The van der Waals surface area contributed by atoms with Gasteiger partial charge in [0.05, 0.1) is 12.7 Å². The third-order valence-corrected chi connectivity index (χ3v) is 4.08. The number of fused-ring (bicyclic) bond motifs is 1. The first-order chi connectivity index (χ1) is 11.8. The molecule has 0 saturated carbocycles. The standard InChI is InChI=1S/C18H17N5O/c24-18(15-7-4-8-16-14(15)9-10-19-16)20-17-12-23(22-21-17)11-13-5-2-1-3-6-13/h1-8,12,19H,9-11H2,(H,20,24). The summed E-state index contributed by atoms with van der Waals surface area (Å²) in [4.78, 5) is 12.5. The number of amides is 1. The Kier molecular flexibility index (Phi) is 3.70. The molecule has 3 aromatic rings. The molecule has 0 bridgehead atoms. The fourth-order valence-electron chi connectivity index (χ4n) is 2.94. The molecule has 1 aliphatic rings. The van der Waals surface area contributed by atoms with Crippen molar-refractivity contribution in [3.63, 3.8) is 0 Å². The molecule has 1 aliphatic heterocycles. The molecule has 0 saturated heterocycles. The van der Waals surface area contributed by atoms with Crippen molar-refractivity contribution >= 4 is 17.4 Å². The van der Waals surface area contributed by atoms with Crippen molar-refractivity contribution in [3.05, 3.63) is 71.4 Å². The van der Waals surface area contributed by atoms with E-state index in [0.717, 1.165) is 29.8 Å². The molecule has 1 aromatic heterocycles. The average Bonchev–Trinajstić information content (AvgIpc) is 3.24. The summed E-state index contributed by atoms with van der Waals surface area (Å²) in [6, 6.07) is 15.7. The van der Waals surface area contributed by atoms with Gasteiger partial charge < -0.3 is 10.6 Å². The summed E-state index contributed by atoms with van der Waals surface area (Å²) in [5.74, 6) is 0.307. The van der Waals surface area contributed by atoms with Crippen LogP contribution in [-0.4, -0.2) is 27.4 Å². The highest BCUT2D eigenvalue weighted by Crippen LogP contribution is 2.25. The number of rotatable bonds is 4. The minimum Gasteiger partial charge on any atom is -0.384 e. The Morgan fingerprint density at radius 3 is 2.92 bits per heavy atom. The molecule has 0 atom stereocenters. The molecule has 120 valence electrons. The number of anilines is 2. The minimum absolute atomic E-state index is 0.151. The fraction of sp³-hybridized carbons (Fsp3) is 0.167. The average molecular weight is 319 g/mol. The Balaban J connectivity index is 1.48. The van der Waals surface area contributed by atoms with Gasteiger partial charge in [-0.25, -0.2) is 4.68 Å². The normalized spacial score (nSPS) is 12.5. The molecular weight excluding hydrogens is 302 g/mol. The van der Waals surface area contributed by atoms with Crippen LogP contribution in [0.1, 0.15) is 21.5 Å². The van der Waals surface area contributed by atoms with Crippen LogP contribution < -0.4 is 10.6 Å². The van der Waals surface area contributed by atoms with Crippen LogP contribution in [0.4, 0.5) is 11.5 Å². The van der Waals surface area contributed by atoms with Gasteiger partial charge in [0.25, 0.3) is 5.91 Å². The van der Waals surface area contributed by atoms with Gasteiger partial charge in [-0.1, -0.05) is 41.6 Å². The Labute approximate surface area is 139 Å². The Bertz CT molecular complexity index is 872. The predicted molar refractivity (Wildman–Crippen MR) is 92.2 cm³/mol. The summed E-state index contributed by atoms with van der Waals surface area (Å²) < 4.78 is 1.71. The highest BCUT2D eigenvalue weighted by molar-refractivity contribution is 6.05. The van der Waals surface area contributed by atoms with Crippen molar-refractivity contribution < 1.29 is 4.79 Å². The van der Waals surface area contributed by atoms with Crippen molar-refractivity contribution in [2.45, 2.75) is 13.0 Å². The van der Waals surface area contributed by atoms with Gasteiger partial charge in [0.15, 0.2) is 5.82 Å². The monoisotopic (exact) mass is 319 g/mol. The van der Waals surface area contributed by atoms with Crippen LogP contribution in [0.2, 0.25) is 0 Å². The number of benzene rings is 2. The summed E-state index contributed by atoms with van der Waals surface area (Å²) in [5.41, 5.74) is 3.92. The molecule has 2 N–H and O–H groups in total. The third-order valence-electron chi connectivity index (χ3n) is 4.08. The van der Waals surface area contributed by atoms with E-state index in [9.17, 15) is 4.79 Å². The zero-order valence-corrected chi connectivity index (χ0v) is 13.1. The summed E-state index contributed by atoms with van der Waals surface area (Å²) in [6.45, 7) is 1.49. The van der Waals surface area contributed by atoms with Gasteiger partial charge in [-0.05, 0) is 29.7 Å². The van der Waals surface area contributed by atoms with E-state index in [2.05, 4.69) is 20.9 Å². The van der Waals surface area contributed by atoms with Crippen LogP contribution in [0.3, 0.4) is 0 Å². The van der Waals surface area contributed by atoms with Gasteiger partial charge in [0, 0.05) is 17.8 Å². The number of nitrogens with zero attached hydrogens (tertiary/aromatic N) is 3. The van der Waals surface area contributed by atoms with E-state index in [4.69, 9.17) is 0 Å². The van der Waals surface area contributed by atoms with Crippen molar-refractivity contribution in [1.82, 2.24) is 15.0 Å². The van der Waals surface area contributed by atoms with E-state index in [-0.39, 0.29) is 5.91 Å². The van der Waals surface area contributed by atoms with E-state index < -0.39 is 0 Å². The molecule has 0 spiro atoms. The maximum absolute atomic E-state index is 12.5. The number of carbonyl (C=O) groups excluding carboxylic acids is 1. The first kappa shape index (κ1) is 14.4. The molecular formula is C18H17N5O. The smallest absolute Gasteiger partial charge is 0.257 e. The molecule has 6 nitrogen and oxygen atoms in total. The maximum Gasteiger partial charge on any atom is 0.257 e. The molecule has 24 heavy (non-hydrogen) atoms. The number of carbonyl (C=O) groups is 1. The maximum atomic E-state index is 12.5. The topological polar surface area (TPSA) is 71.8 Å². The van der Waals surface area contributed by atoms with E-state index in [1.807, 2.05) is 48.5 Å². The van der Waals surface area contributed by atoms with E-state index >= 15 is 0 Å². The molecule has 2 aromatic carbocycles. The molecule has 0 radical (unpaired) electrons. The second-order valence-electron chi connectivity index (χ2n) is 5.75. The van der Waals surface area contributed by atoms with Gasteiger partial charge in [-0.2, -0.15) is 0 Å². The van der Waals surface area contributed by atoms with Crippen LogP contribution in [0.25, 0.3) is 0 Å². The zero-order valence-electron chi connectivity index (χ0n) is 13.1. The van der Waals surface area contributed by atoms with Crippen LogP contribution in [0.15, 0.2) is 54.7 Å². The Hall–Kier alpha value is -3.15. The number of hydrogen-bond acceptors (Lipinski definition) is 4. The summed E-state index contributed by atoms with van der Waals surface area (Å²) in [7, 11) is 0. The van der Waals surface area contributed by atoms with E-state index in [1.54, 1.807) is 10.9 Å². The summed E-state index contributed by atoms with van der Waals surface area (Å²) in [5, 5.41) is 14.2. The van der Waals surface area contributed by atoms with Crippen LogP contribution in [0.5, 0.6) is 0 Å². The molecule has 0 unspecified atom stereocenters. The summed E-state index contributed by atoms with van der Waals surface area (Å²) in [6.07, 6.45) is 2.60. The lowest BCUT2D eigenvalue weighted by atomic mass is 10.0. The van der Waals surface area contributed by atoms with Crippen molar-refractivity contribution in [2.24, 2.45) is 0 Å². The molecule has 4 rings (SSSR count). The minimum atomic E-state index is -0.151. The van der Waals surface area contributed by atoms with Gasteiger partial charge in [-0.3, -0.25) is 4.79 Å². The van der Waals surface area contributed by atoms with Crippen LogP contribution >= 0.6 is 0 Å². The van der Waals surface area contributed by atoms with Gasteiger partial charge >= 0.3 is 0 Å². The second-order valence-corrected chi connectivity index (χ2v) is 5.75. The number of nitrogens with one attached hydrogen (secondary N) is 2. The molecule has 1 amide bonds. The SMILES string of the molecule is O=C(Nc1cn(Cc2ccccc2)nn1)c1cccc2c1CCN2. The third kappa shape index (κ3) is 2.86.